The second-order valence-electron chi connectivity index (χ2n) is 4.79. The zero-order chi connectivity index (χ0) is 13.2. The van der Waals surface area contributed by atoms with Gasteiger partial charge in [-0.1, -0.05) is 0 Å². The van der Waals surface area contributed by atoms with Crippen LogP contribution in [-0.2, 0) is 4.79 Å². The van der Waals surface area contributed by atoms with Gasteiger partial charge >= 0.3 is 0 Å². The van der Waals surface area contributed by atoms with E-state index in [-0.39, 0.29) is 0 Å². The van der Waals surface area contributed by atoms with Gasteiger partial charge in [0.05, 0.1) is 13.7 Å². The molecule has 0 saturated carbocycles. The Bertz CT molecular complexity index is 625. The number of Topliss-reactive ketones (excluding diaryl/α,β-unsaturated/α-hetero) is 1. The molecule has 0 amide bonds. The van der Waals surface area contributed by atoms with Crippen molar-refractivity contribution in [2.45, 2.75) is 12.8 Å². The highest BCUT2D eigenvalue weighted by Gasteiger charge is 2.19. The molecule has 1 aromatic carbocycles. The van der Waals surface area contributed by atoms with E-state index in [0.717, 1.165) is 35.3 Å². The molecule has 0 bridgehead atoms. The molecule has 2 aromatic rings. The second-order valence-corrected chi connectivity index (χ2v) is 4.79. The predicted molar refractivity (Wildman–Crippen MR) is 74.7 cm³/mol. The summed E-state index contributed by atoms with van der Waals surface area (Å²) in [7, 11) is 1.66. The average Bonchev–Trinajstić information content (AvgIpc) is 2.46. The third kappa shape index (κ3) is 2.26. The molecule has 4 heteroatoms. The summed E-state index contributed by atoms with van der Waals surface area (Å²) in [5.41, 5.74) is 0. The fourth-order valence-corrected chi connectivity index (χ4v) is 2.54. The van der Waals surface area contributed by atoms with E-state index in [4.69, 9.17) is 4.74 Å². The summed E-state index contributed by atoms with van der Waals surface area (Å²) in [6.45, 7) is 1.36. The van der Waals surface area contributed by atoms with Crippen molar-refractivity contribution in [2.24, 2.45) is 0 Å². The molecule has 98 valence electrons. The van der Waals surface area contributed by atoms with Crippen LogP contribution in [0.2, 0.25) is 0 Å². The molecule has 2 heterocycles. The highest BCUT2D eigenvalue weighted by Crippen LogP contribution is 2.28. The lowest BCUT2D eigenvalue weighted by Gasteiger charge is -2.27. The van der Waals surface area contributed by atoms with E-state index in [1.54, 1.807) is 13.3 Å². The standard InChI is InChI=1S/C15H16N2O2/c1-19-13-4-5-14-11(9-13)6-7-16-15(14)17-8-2-3-12(18)10-17/h4-7,9H,2-3,8,10H2,1H3. The SMILES string of the molecule is COc1ccc2c(N3CCCC(=O)C3)nccc2c1. The topological polar surface area (TPSA) is 42.4 Å². The molecule has 4 nitrogen and oxygen atoms in total. The van der Waals surface area contributed by atoms with Gasteiger partial charge < -0.3 is 9.64 Å². The fraction of sp³-hybridized carbons (Fsp3) is 0.333. The van der Waals surface area contributed by atoms with E-state index in [1.165, 1.54) is 0 Å². The first-order valence-corrected chi connectivity index (χ1v) is 6.47. The van der Waals surface area contributed by atoms with Crippen molar-refractivity contribution in [3.8, 4) is 5.75 Å². The van der Waals surface area contributed by atoms with Gasteiger partial charge in [-0.05, 0) is 36.1 Å². The normalized spacial score (nSPS) is 15.8. The molecule has 0 atom stereocenters. The van der Waals surface area contributed by atoms with E-state index < -0.39 is 0 Å². The number of ether oxygens (including phenoxy) is 1. The lowest BCUT2D eigenvalue weighted by Crippen LogP contribution is -2.36. The van der Waals surface area contributed by atoms with Crippen LogP contribution in [0.4, 0.5) is 5.82 Å². The van der Waals surface area contributed by atoms with Gasteiger partial charge in [-0.2, -0.15) is 0 Å². The quantitative estimate of drug-likeness (QED) is 0.827. The number of pyridine rings is 1. The first-order chi connectivity index (χ1) is 9.28. The molecule has 0 spiro atoms. The molecule has 0 unspecified atom stereocenters. The number of methoxy groups -OCH3 is 1. The van der Waals surface area contributed by atoms with Crippen LogP contribution in [0.1, 0.15) is 12.8 Å². The van der Waals surface area contributed by atoms with Crippen molar-refractivity contribution in [1.29, 1.82) is 0 Å². The second kappa shape index (κ2) is 4.88. The predicted octanol–water partition coefficient (Wildman–Crippen LogP) is 2.41. The molecule has 1 aliphatic rings. The van der Waals surface area contributed by atoms with Gasteiger partial charge in [-0.15, -0.1) is 0 Å². The molecule has 0 aliphatic carbocycles. The molecule has 1 aliphatic heterocycles. The monoisotopic (exact) mass is 256 g/mol. The number of rotatable bonds is 2. The molecular formula is C15H16N2O2. The number of piperidine rings is 1. The maximum Gasteiger partial charge on any atom is 0.152 e. The summed E-state index contributed by atoms with van der Waals surface area (Å²) < 4.78 is 5.24. The summed E-state index contributed by atoms with van der Waals surface area (Å²) in [5.74, 6) is 2.02. The van der Waals surface area contributed by atoms with Crippen LogP contribution in [0.3, 0.4) is 0 Å². The first-order valence-electron chi connectivity index (χ1n) is 6.47. The van der Waals surface area contributed by atoms with E-state index in [0.29, 0.717) is 18.7 Å². The summed E-state index contributed by atoms with van der Waals surface area (Å²) in [6.07, 6.45) is 3.39. The van der Waals surface area contributed by atoms with Crippen LogP contribution in [0.15, 0.2) is 30.5 Å². The number of aromatic nitrogens is 1. The van der Waals surface area contributed by atoms with E-state index in [9.17, 15) is 4.79 Å². The van der Waals surface area contributed by atoms with Crippen LogP contribution < -0.4 is 9.64 Å². The number of fused-ring (bicyclic) bond motifs is 1. The molecule has 3 rings (SSSR count). The van der Waals surface area contributed by atoms with Gasteiger partial charge in [0.15, 0.2) is 5.78 Å². The highest BCUT2D eigenvalue weighted by atomic mass is 16.5. The number of anilines is 1. The average molecular weight is 256 g/mol. The Morgan fingerprint density at radius 3 is 3.00 bits per heavy atom. The molecule has 0 radical (unpaired) electrons. The van der Waals surface area contributed by atoms with Crippen molar-refractivity contribution >= 4 is 22.4 Å². The summed E-state index contributed by atoms with van der Waals surface area (Å²) >= 11 is 0. The maximum atomic E-state index is 11.6. The Morgan fingerprint density at radius 2 is 2.21 bits per heavy atom. The van der Waals surface area contributed by atoms with Gasteiger partial charge in [0, 0.05) is 24.5 Å². The van der Waals surface area contributed by atoms with Crippen LogP contribution in [0.25, 0.3) is 10.8 Å². The number of carbonyl (C=O) groups is 1. The van der Waals surface area contributed by atoms with Crippen LogP contribution >= 0.6 is 0 Å². The summed E-state index contributed by atoms with van der Waals surface area (Å²) in [5, 5.41) is 2.15. The van der Waals surface area contributed by atoms with Gasteiger partial charge in [0.2, 0.25) is 0 Å². The Balaban J connectivity index is 2.05. The minimum Gasteiger partial charge on any atom is -0.497 e. The lowest BCUT2D eigenvalue weighted by molar-refractivity contribution is -0.118. The number of hydrogen-bond acceptors (Lipinski definition) is 4. The van der Waals surface area contributed by atoms with Gasteiger partial charge in [0.1, 0.15) is 11.6 Å². The highest BCUT2D eigenvalue weighted by molar-refractivity contribution is 5.95. The number of carbonyl (C=O) groups excluding carboxylic acids is 1. The molecule has 19 heavy (non-hydrogen) atoms. The molecule has 1 saturated heterocycles. The Morgan fingerprint density at radius 1 is 1.32 bits per heavy atom. The van der Waals surface area contributed by atoms with Crippen molar-refractivity contribution in [3.63, 3.8) is 0 Å². The van der Waals surface area contributed by atoms with Crippen molar-refractivity contribution in [2.75, 3.05) is 25.1 Å². The van der Waals surface area contributed by atoms with Crippen molar-refractivity contribution < 1.29 is 9.53 Å². The molecule has 1 fully saturated rings. The third-order valence-corrected chi connectivity index (χ3v) is 3.50. The van der Waals surface area contributed by atoms with Crippen molar-refractivity contribution in [3.05, 3.63) is 30.5 Å². The van der Waals surface area contributed by atoms with Gasteiger partial charge in [-0.3, -0.25) is 4.79 Å². The van der Waals surface area contributed by atoms with Gasteiger partial charge in [0.25, 0.3) is 0 Å². The lowest BCUT2D eigenvalue weighted by atomic mass is 10.1. The van der Waals surface area contributed by atoms with Crippen molar-refractivity contribution in [1.82, 2.24) is 4.98 Å². The number of hydrogen-bond donors (Lipinski definition) is 0. The van der Waals surface area contributed by atoms with Crippen LogP contribution in [-0.4, -0.2) is 31.0 Å². The zero-order valence-corrected chi connectivity index (χ0v) is 10.9. The van der Waals surface area contributed by atoms with Crippen LogP contribution in [0.5, 0.6) is 5.75 Å². The summed E-state index contributed by atoms with van der Waals surface area (Å²) in [4.78, 5) is 18.1. The zero-order valence-electron chi connectivity index (χ0n) is 10.9. The smallest absolute Gasteiger partial charge is 0.152 e. The number of benzene rings is 1. The van der Waals surface area contributed by atoms with E-state index in [2.05, 4.69) is 9.88 Å². The number of ketones is 1. The minimum absolute atomic E-state index is 0.290. The largest absolute Gasteiger partial charge is 0.497 e. The van der Waals surface area contributed by atoms with Crippen LogP contribution in [0, 0.1) is 0 Å². The molecule has 1 aromatic heterocycles. The Hall–Kier alpha value is -2.10. The maximum absolute atomic E-state index is 11.6. The Labute approximate surface area is 112 Å². The first kappa shape index (κ1) is 12.0. The minimum atomic E-state index is 0.290. The van der Waals surface area contributed by atoms with E-state index in [1.807, 2.05) is 24.3 Å². The van der Waals surface area contributed by atoms with E-state index >= 15 is 0 Å². The molecule has 0 N–H and O–H groups in total. The number of nitrogens with zero attached hydrogens (tertiary/aromatic N) is 2. The molecular weight excluding hydrogens is 240 g/mol. The fourth-order valence-electron chi connectivity index (χ4n) is 2.54. The van der Waals surface area contributed by atoms with Gasteiger partial charge in [-0.25, -0.2) is 4.98 Å². The third-order valence-electron chi connectivity index (χ3n) is 3.50. The summed E-state index contributed by atoms with van der Waals surface area (Å²) in [6, 6.07) is 7.90. The Kier molecular flexibility index (Phi) is 3.07.